The highest BCUT2D eigenvalue weighted by Gasteiger charge is 2.19. The van der Waals surface area contributed by atoms with E-state index in [9.17, 15) is 14.4 Å². The number of carbonyl (C=O) groups excluding carboxylic acids is 3. The van der Waals surface area contributed by atoms with Crippen LogP contribution in [0.4, 0.5) is 0 Å². The summed E-state index contributed by atoms with van der Waals surface area (Å²) in [4.78, 5) is 38.2. The Labute approximate surface area is 471 Å². The summed E-state index contributed by atoms with van der Waals surface area (Å²) in [6.07, 6.45) is 84.8. The molecule has 0 aromatic heterocycles. The largest absolute Gasteiger partial charge is 0.462 e. The van der Waals surface area contributed by atoms with Crippen LogP contribution in [0.25, 0.3) is 0 Å². The summed E-state index contributed by atoms with van der Waals surface area (Å²) in [5.74, 6) is -0.958. The lowest BCUT2D eigenvalue weighted by atomic mass is 10.0. The van der Waals surface area contributed by atoms with Crippen molar-refractivity contribution in [1.82, 2.24) is 0 Å². The Hall–Kier alpha value is -3.41. The number of hydrogen-bond acceptors (Lipinski definition) is 6. The van der Waals surface area contributed by atoms with E-state index < -0.39 is 6.10 Å². The molecule has 1 unspecified atom stereocenters. The average molecular weight is 1060 g/mol. The first-order valence-corrected chi connectivity index (χ1v) is 32.6. The first-order valence-electron chi connectivity index (χ1n) is 32.6. The molecule has 438 valence electrons. The maximum atomic E-state index is 12.9. The van der Waals surface area contributed by atoms with Gasteiger partial charge in [-0.2, -0.15) is 0 Å². The molecule has 0 N–H and O–H groups in total. The van der Waals surface area contributed by atoms with Crippen molar-refractivity contribution in [2.75, 3.05) is 13.2 Å². The zero-order valence-electron chi connectivity index (χ0n) is 50.3. The molecule has 0 saturated carbocycles. The smallest absolute Gasteiger partial charge is 0.306 e. The van der Waals surface area contributed by atoms with Gasteiger partial charge in [-0.3, -0.25) is 14.4 Å². The van der Waals surface area contributed by atoms with Gasteiger partial charge in [0.15, 0.2) is 6.10 Å². The summed E-state index contributed by atoms with van der Waals surface area (Å²) in [6, 6.07) is 0. The number of esters is 3. The zero-order valence-corrected chi connectivity index (χ0v) is 50.3. The van der Waals surface area contributed by atoms with Crippen LogP contribution >= 0.6 is 0 Å². The normalized spacial score (nSPS) is 12.6. The molecule has 0 aliphatic carbocycles. The van der Waals surface area contributed by atoms with Gasteiger partial charge < -0.3 is 14.2 Å². The van der Waals surface area contributed by atoms with Crippen LogP contribution in [-0.2, 0) is 28.6 Å². The van der Waals surface area contributed by atoms with Crippen molar-refractivity contribution in [3.8, 4) is 0 Å². The van der Waals surface area contributed by atoms with Crippen LogP contribution in [0.1, 0.15) is 323 Å². The van der Waals surface area contributed by atoms with E-state index in [1.54, 1.807) is 0 Å². The fraction of sp³-hybridized carbons (Fsp3) is 0.757. The summed E-state index contributed by atoms with van der Waals surface area (Å²) >= 11 is 0. The molecule has 0 heterocycles. The van der Waals surface area contributed by atoms with Crippen LogP contribution in [0.15, 0.2) is 85.1 Å². The van der Waals surface area contributed by atoms with E-state index in [2.05, 4.69) is 106 Å². The summed E-state index contributed by atoms with van der Waals surface area (Å²) in [5, 5.41) is 0. The lowest BCUT2D eigenvalue weighted by Crippen LogP contribution is -2.30. The monoisotopic (exact) mass is 1060 g/mol. The van der Waals surface area contributed by atoms with Crippen molar-refractivity contribution >= 4 is 17.9 Å². The molecule has 76 heavy (non-hydrogen) atoms. The van der Waals surface area contributed by atoms with Crippen molar-refractivity contribution in [2.45, 2.75) is 329 Å². The second-order valence-corrected chi connectivity index (χ2v) is 21.6. The van der Waals surface area contributed by atoms with E-state index in [1.807, 2.05) is 0 Å². The molecule has 0 rings (SSSR count). The van der Waals surface area contributed by atoms with Gasteiger partial charge >= 0.3 is 17.9 Å². The zero-order chi connectivity index (χ0) is 55.0. The number of unbranched alkanes of at least 4 members (excludes halogenated alkanes) is 34. The molecule has 0 amide bonds. The van der Waals surface area contributed by atoms with Gasteiger partial charge in [-0.25, -0.2) is 0 Å². The van der Waals surface area contributed by atoms with E-state index in [1.165, 1.54) is 186 Å². The molecule has 0 aliphatic rings. The number of rotatable bonds is 59. The Balaban J connectivity index is 4.24. The Morgan fingerprint density at radius 3 is 0.882 bits per heavy atom. The molecular weight excluding hydrogens is 937 g/mol. The summed E-state index contributed by atoms with van der Waals surface area (Å²) in [6.45, 7) is 6.48. The standard InChI is InChI=1S/C70H122O6/c1-4-7-10-13-16-19-22-25-27-29-30-31-32-33-34-35-36-37-38-39-40-42-43-45-48-51-54-57-60-63-69(72)75-66-67(65-74-68(71)62-59-56-53-50-47-24-21-18-15-12-9-6-3)76-70(73)64-61-58-55-52-49-46-44-41-28-26-23-20-17-14-11-8-5-2/h8,11,17-18,20-21,26,28-30,44,46,52,55,67H,4-7,9-10,12-16,19,22-25,27,31-43,45,47-51,53-54,56-66H2,1-3H3/b11-8-,20-17-,21-18-,28-26-,30-29-,46-44-,55-52-. The maximum Gasteiger partial charge on any atom is 0.306 e. The van der Waals surface area contributed by atoms with E-state index >= 15 is 0 Å². The van der Waals surface area contributed by atoms with Gasteiger partial charge in [-0.1, -0.05) is 279 Å². The topological polar surface area (TPSA) is 78.9 Å². The number of hydrogen-bond donors (Lipinski definition) is 0. The predicted molar refractivity (Wildman–Crippen MR) is 330 cm³/mol. The molecule has 6 nitrogen and oxygen atoms in total. The highest BCUT2D eigenvalue weighted by molar-refractivity contribution is 5.71. The minimum absolute atomic E-state index is 0.0998. The fourth-order valence-corrected chi connectivity index (χ4v) is 9.23. The van der Waals surface area contributed by atoms with E-state index in [0.29, 0.717) is 19.3 Å². The van der Waals surface area contributed by atoms with Crippen molar-refractivity contribution in [2.24, 2.45) is 0 Å². The average Bonchev–Trinajstić information content (AvgIpc) is 3.42. The van der Waals surface area contributed by atoms with Gasteiger partial charge in [-0.15, -0.1) is 0 Å². The van der Waals surface area contributed by atoms with Gasteiger partial charge in [0.25, 0.3) is 0 Å². The van der Waals surface area contributed by atoms with E-state index in [-0.39, 0.29) is 37.5 Å². The van der Waals surface area contributed by atoms with Crippen LogP contribution in [0.3, 0.4) is 0 Å². The van der Waals surface area contributed by atoms with E-state index in [4.69, 9.17) is 14.2 Å². The highest BCUT2D eigenvalue weighted by Crippen LogP contribution is 2.17. The molecular formula is C70H122O6. The van der Waals surface area contributed by atoms with Gasteiger partial charge in [0.2, 0.25) is 0 Å². The third-order valence-electron chi connectivity index (χ3n) is 14.1. The van der Waals surface area contributed by atoms with Gasteiger partial charge in [0, 0.05) is 19.3 Å². The molecule has 0 spiro atoms. The van der Waals surface area contributed by atoms with Crippen molar-refractivity contribution in [3.05, 3.63) is 85.1 Å². The minimum Gasteiger partial charge on any atom is -0.462 e. The van der Waals surface area contributed by atoms with Crippen LogP contribution in [0.5, 0.6) is 0 Å². The Kier molecular flexibility index (Phi) is 61.2. The van der Waals surface area contributed by atoms with Crippen molar-refractivity contribution < 1.29 is 28.6 Å². The number of carbonyl (C=O) groups is 3. The van der Waals surface area contributed by atoms with Crippen molar-refractivity contribution in [1.29, 1.82) is 0 Å². The molecule has 1 atom stereocenters. The third-order valence-corrected chi connectivity index (χ3v) is 14.1. The Bertz CT molecular complexity index is 1450. The quantitative estimate of drug-likeness (QED) is 0.0261. The fourth-order valence-electron chi connectivity index (χ4n) is 9.23. The van der Waals surface area contributed by atoms with Gasteiger partial charge in [0.1, 0.15) is 13.2 Å². The molecule has 0 bridgehead atoms. The van der Waals surface area contributed by atoms with Crippen LogP contribution in [0, 0.1) is 0 Å². The van der Waals surface area contributed by atoms with Crippen LogP contribution in [-0.4, -0.2) is 37.2 Å². The second kappa shape index (κ2) is 64.1. The first kappa shape index (κ1) is 72.6. The predicted octanol–water partition coefficient (Wildman–Crippen LogP) is 22.3. The molecule has 0 aliphatic heterocycles. The lowest BCUT2D eigenvalue weighted by molar-refractivity contribution is -0.167. The van der Waals surface area contributed by atoms with Crippen LogP contribution in [0.2, 0.25) is 0 Å². The van der Waals surface area contributed by atoms with E-state index in [0.717, 1.165) is 89.9 Å². The molecule has 0 aromatic carbocycles. The molecule has 0 aromatic rings. The Morgan fingerprint density at radius 1 is 0.276 bits per heavy atom. The Morgan fingerprint density at radius 2 is 0.526 bits per heavy atom. The highest BCUT2D eigenvalue weighted by atomic mass is 16.6. The SMILES string of the molecule is CC/C=C\C/C=C\C/C=C\C/C=C\C/C=C\CCCC(=O)OC(COC(=O)CCCCCCC/C=C\CCCCC)COC(=O)CCCCCCCCCCCCCCCCCCC/C=C\CCCCCCCCCC. The summed E-state index contributed by atoms with van der Waals surface area (Å²) < 4.78 is 16.8. The van der Waals surface area contributed by atoms with Gasteiger partial charge in [-0.05, 0) is 109 Å². The molecule has 6 heteroatoms. The molecule has 0 saturated heterocycles. The summed E-state index contributed by atoms with van der Waals surface area (Å²) in [7, 11) is 0. The lowest BCUT2D eigenvalue weighted by Gasteiger charge is -2.18. The summed E-state index contributed by atoms with van der Waals surface area (Å²) in [5.41, 5.74) is 0. The number of ether oxygens (including phenoxy) is 3. The van der Waals surface area contributed by atoms with Crippen molar-refractivity contribution in [3.63, 3.8) is 0 Å². The minimum atomic E-state index is -0.809. The first-order chi connectivity index (χ1) is 37.5. The molecule has 0 fully saturated rings. The maximum absolute atomic E-state index is 12.9. The number of allylic oxidation sites excluding steroid dienone is 14. The third kappa shape index (κ3) is 61.4. The second-order valence-electron chi connectivity index (χ2n) is 21.6. The van der Waals surface area contributed by atoms with Crippen LogP contribution < -0.4 is 0 Å². The van der Waals surface area contributed by atoms with Gasteiger partial charge in [0.05, 0.1) is 0 Å². The molecule has 0 radical (unpaired) electrons.